The number of anilines is 1. The molecule has 1 aromatic heterocycles. The maximum atomic E-state index is 12.8. The second-order valence-corrected chi connectivity index (χ2v) is 7.37. The van der Waals surface area contributed by atoms with E-state index in [1.807, 2.05) is 30.3 Å². The summed E-state index contributed by atoms with van der Waals surface area (Å²) in [5.41, 5.74) is 7.38. The van der Waals surface area contributed by atoms with Gasteiger partial charge in [-0.15, -0.1) is 0 Å². The highest BCUT2D eigenvalue weighted by atomic mass is 35.5. The lowest BCUT2D eigenvalue weighted by atomic mass is 10.1. The number of hydrogen-bond donors (Lipinski definition) is 2. The lowest BCUT2D eigenvalue weighted by Gasteiger charge is -2.19. The summed E-state index contributed by atoms with van der Waals surface area (Å²) in [6.07, 6.45) is 3.77. The van der Waals surface area contributed by atoms with E-state index >= 15 is 0 Å². The van der Waals surface area contributed by atoms with Crippen LogP contribution >= 0.6 is 23.2 Å². The molecule has 0 aliphatic heterocycles. The Kier molecular flexibility index (Phi) is 6.89. The van der Waals surface area contributed by atoms with Crippen molar-refractivity contribution in [3.8, 4) is 11.3 Å². The average molecular weight is 444 g/mol. The molecule has 3 aromatic rings. The van der Waals surface area contributed by atoms with E-state index in [1.165, 1.54) is 28.2 Å². The Morgan fingerprint density at radius 2 is 1.93 bits per heavy atom. The summed E-state index contributed by atoms with van der Waals surface area (Å²) in [6, 6.07) is 15.0. The third-order valence-corrected chi connectivity index (χ3v) is 4.75. The van der Waals surface area contributed by atoms with Crippen LogP contribution < -0.4 is 22.1 Å². The van der Waals surface area contributed by atoms with Crippen LogP contribution in [0.1, 0.15) is 11.6 Å². The predicted octanol–water partition coefficient (Wildman–Crippen LogP) is 3.22. The number of benzene rings is 2. The van der Waals surface area contributed by atoms with Crippen molar-refractivity contribution in [1.29, 1.82) is 0 Å². The Balaban J connectivity index is 1.99. The quantitative estimate of drug-likeness (QED) is 0.251. The normalized spacial score (nSPS) is 12.4. The van der Waals surface area contributed by atoms with Crippen LogP contribution in [0.25, 0.3) is 11.3 Å². The summed E-state index contributed by atoms with van der Waals surface area (Å²) in [4.78, 5) is 28.8. The van der Waals surface area contributed by atoms with Gasteiger partial charge in [-0.25, -0.2) is 10.8 Å². The van der Waals surface area contributed by atoms with Crippen LogP contribution in [0.3, 0.4) is 0 Å². The maximum Gasteiger partial charge on any atom is 0.254 e. The molecule has 0 saturated heterocycles. The number of nitrogens with zero attached hydrogens (tertiary/aromatic N) is 3. The lowest BCUT2D eigenvalue weighted by Crippen LogP contribution is -2.28. The molecule has 1 atom stereocenters. The van der Waals surface area contributed by atoms with E-state index in [9.17, 15) is 9.59 Å². The summed E-state index contributed by atoms with van der Waals surface area (Å²) in [7, 11) is 0. The van der Waals surface area contributed by atoms with Crippen molar-refractivity contribution < 1.29 is 4.79 Å². The van der Waals surface area contributed by atoms with E-state index in [-0.39, 0.29) is 10.7 Å². The lowest BCUT2D eigenvalue weighted by molar-refractivity contribution is -0.110. The zero-order valence-electron chi connectivity index (χ0n) is 15.8. The van der Waals surface area contributed by atoms with E-state index in [0.717, 1.165) is 11.8 Å². The molecule has 3 rings (SSSR count). The molecule has 0 spiro atoms. The van der Waals surface area contributed by atoms with Gasteiger partial charge in [0, 0.05) is 23.1 Å². The summed E-state index contributed by atoms with van der Waals surface area (Å²) in [5.74, 6) is 6.00. The number of nitrogens with two attached hydrogens (primary N) is 2. The van der Waals surface area contributed by atoms with Gasteiger partial charge in [-0.05, 0) is 23.8 Å². The number of carbonyl (C=O) groups excluding carboxylic acids is 1. The van der Waals surface area contributed by atoms with Crippen molar-refractivity contribution >= 4 is 35.2 Å². The number of halogens is 2. The Hall–Kier alpha value is -3.13. The number of aromatic nitrogens is 2. The molecule has 0 aliphatic carbocycles. The topological polar surface area (TPSA) is 107 Å². The number of hydrogen-bond acceptors (Lipinski definition) is 6. The fourth-order valence-corrected chi connectivity index (χ4v) is 3.29. The Morgan fingerprint density at radius 1 is 1.20 bits per heavy atom. The van der Waals surface area contributed by atoms with Crippen molar-refractivity contribution in [2.24, 2.45) is 11.6 Å². The van der Waals surface area contributed by atoms with Crippen molar-refractivity contribution in [3.05, 3.63) is 93.2 Å². The maximum absolute atomic E-state index is 12.8. The largest absolute Gasteiger partial charge is 0.388 e. The first kappa shape index (κ1) is 21.6. The summed E-state index contributed by atoms with van der Waals surface area (Å²) in [5, 5.41) is 1.63. The average Bonchev–Trinajstić information content (AvgIpc) is 2.72. The molecule has 0 aliphatic rings. The first-order valence-electron chi connectivity index (χ1n) is 8.93. The molecule has 0 radical (unpaired) electrons. The van der Waals surface area contributed by atoms with Crippen molar-refractivity contribution in [2.45, 2.75) is 12.5 Å². The van der Waals surface area contributed by atoms with Gasteiger partial charge in [0.15, 0.2) is 0 Å². The van der Waals surface area contributed by atoms with E-state index in [1.54, 1.807) is 18.2 Å². The SMILES string of the molecule is N/C(Cl)=C\N(N)c1ccc(Cl)cc1-c1cc(=O)n(C(C=O)Cc2ccccc2)cn1. The molecule has 9 heteroatoms. The first-order valence-corrected chi connectivity index (χ1v) is 9.68. The highest BCUT2D eigenvalue weighted by molar-refractivity contribution is 6.31. The fraction of sp³-hybridized carbons (Fsp3) is 0.0952. The van der Waals surface area contributed by atoms with Crippen LogP contribution in [0.5, 0.6) is 0 Å². The minimum absolute atomic E-state index is 0.0171. The van der Waals surface area contributed by atoms with Crippen LogP contribution in [-0.2, 0) is 11.2 Å². The molecule has 2 aromatic carbocycles. The summed E-state index contributed by atoms with van der Waals surface area (Å²) < 4.78 is 1.30. The van der Waals surface area contributed by atoms with Crippen molar-refractivity contribution in [1.82, 2.24) is 9.55 Å². The molecule has 7 nitrogen and oxygen atoms in total. The number of carbonyl (C=O) groups is 1. The Labute approximate surface area is 183 Å². The highest BCUT2D eigenvalue weighted by Crippen LogP contribution is 2.31. The van der Waals surface area contributed by atoms with Gasteiger partial charge < -0.3 is 10.5 Å². The second-order valence-electron chi connectivity index (χ2n) is 6.50. The van der Waals surface area contributed by atoms with Crippen LogP contribution in [0.15, 0.2) is 77.1 Å². The van der Waals surface area contributed by atoms with Gasteiger partial charge in [-0.3, -0.25) is 14.4 Å². The monoisotopic (exact) mass is 443 g/mol. The molecule has 4 N–H and O–H groups in total. The summed E-state index contributed by atoms with van der Waals surface area (Å²) in [6.45, 7) is 0. The molecule has 0 amide bonds. The Bertz CT molecular complexity index is 1130. The van der Waals surface area contributed by atoms with Crippen LogP contribution in [-0.4, -0.2) is 15.8 Å². The van der Waals surface area contributed by atoms with Crippen molar-refractivity contribution in [3.63, 3.8) is 0 Å². The Morgan fingerprint density at radius 3 is 2.57 bits per heavy atom. The first-order chi connectivity index (χ1) is 14.4. The number of aldehydes is 1. The molecule has 154 valence electrons. The molecule has 0 bridgehead atoms. The number of hydrazine groups is 1. The fourth-order valence-electron chi connectivity index (χ4n) is 3.02. The zero-order chi connectivity index (χ0) is 21.7. The van der Waals surface area contributed by atoms with Gasteiger partial charge >= 0.3 is 0 Å². The predicted molar refractivity (Wildman–Crippen MR) is 119 cm³/mol. The molecule has 0 fully saturated rings. The molecule has 30 heavy (non-hydrogen) atoms. The van der Waals surface area contributed by atoms with Gasteiger partial charge in [0.05, 0.1) is 30.0 Å². The van der Waals surface area contributed by atoms with E-state index in [0.29, 0.717) is 28.4 Å². The van der Waals surface area contributed by atoms with Crippen LogP contribution in [0.4, 0.5) is 5.69 Å². The molecular weight excluding hydrogens is 425 g/mol. The van der Waals surface area contributed by atoms with Gasteiger partial charge in [0.2, 0.25) is 0 Å². The van der Waals surface area contributed by atoms with E-state index in [4.69, 9.17) is 34.8 Å². The van der Waals surface area contributed by atoms with Gasteiger partial charge in [-0.1, -0.05) is 53.5 Å². The standard InChI is InChI=1S/C21H19Cl2N5O2/c22-15-6-7-19(28(25)11-20(23)24)17(9-15)18-10-21(30)27(13-26-18)16(12-29)8-14-4-2-1-3-5-14/h1-7,9-13,16H,8,24-25H2/b20-11-. The summed E-state index contributed by atoms with van der Waals surface area (Å²) >= 11 is 11.8. The highest BCUT2D eigenvalue weighted by Gasteiger charge is 2.16. The number of rotatable bonds is 7. The second kappa shape index (κ2) is 9.58. The minimum atomic E-state index is -0.676. The van der Waals surface area contributed by atoms with E-state index < -0.39 is 6.04 Å². The molecule has 0 saturated carbocycles. The molecule has 1 unspecified atom stereocenters. The van der Waals surface area contributed by atoms with Crippen LogP contribution in [0, 0.1) is 0 Å². The van der Waals surface area contributed by atoms with Gasteiger partial charge in [0.1, 0.15) is 11.4 Å². The van der Waals surface area contributed by atoms with Gasteiger partial charge in [0.25, 0.3) is 5.56 Å². The zero-order valence-corrected chi connectivity index (χ0v) is 17.3. The minimum Gasteiger partial charge on any atom is -0.388 e. The smallest absolute Gasteiger partial charge is 0.254 e. The van der Waals surface area contributed by atoms with E-state index in [2.05, 4.69) is 4.98 Å². The molecular formula is C21H19Cl2N5O2. The molecule has 1 heterocycles. The third kappa shape index (κ3) is 5.07. The van der Waals surface area contributed by atoms with Gasteiger partial charge in [-0.2, -0.15) is 0 Å². The third-order valence-electron chi connectivity index (χ3n) is 4.41. The van der Waals surface area contributed by atoms with Crippen LogP contribution in [0.2, 0.25) is 5.02 Å². The van der Waals surface area contributed by atoms with Crippen molar-refractivity contribution in [2.75, 3.05) is 5.01 Å².